The largest absolute Gasteiger partial charge is 0.309 e. The summed E-state index contributed by atoms with van der Waals surface area (Å²) in [5.74, 6) is 0. The molecule has 4 aliphatic rings. The van der Waals surface area contributed by atoms with E-state index in [1.807, 2.05) is 0 Å². The van der Waals surface area contributed by atoms with Crippen LogP contribution in [0.2, 0.25) is 0 Å². The van der Waals surface area contributed by atoms with Crippen molar-refractivity contribution in [2.45, 2.75) is 77.0 Å². The van der Waals surface area contributed by atoms with Gasteiger partial charge in [0.25, 0.3) is 0 Å². The summed E-state index contributed by atoms with van der Waals surface area (Å²) in [6, 6.07) is 80.5. The molecule has 3 heteroatoms. The summed E-state index contributed by atoms with van der Waals surface area (Å²) in [5.41, 5.74) is 28.8. The number of rotatable bonds is 4. The number of anilines is 6. The zero-order valence-corrected chi connectivity index (χ0v) is 44.0. The molecule has 0 aliphatic carbocycles. The van der Waals surface area contributed by atoms with Crippen molar-refractivity contribution in [1.29, 1.82) is 0 Å². The lowest BCUT2D eigenvalue weighted by atomic mass is 9.65. The Morgan fingerprint density at radius 2 is 0.547 bits per heavy atom. The third-order valence-corrected chi connectivity index (χ3v) is 18.3. The van der Waals surface area contributed by atoms with E-state index >= 15 is 0 Å². The van der Waals surface area contributed by atoms with Crippen LogP contribution in [0.25, 0.3) is 60.9 Å². The van der Waals surface area contributed by atoms with Gasteiger partial charge in [-0.25, -0.2) is 0 Å². The van der Waals surface area contributed by atoms with Gasteiger partial charge in [-0.3, -0.25) is 0 Å². The summed E-state index contributed by atoms with van der Waals surface area (Å²) in [4.78, 5) is 5.10. The molecule has 0 fully saturated rings. The van der Waals surface area contributed by atoms with Gasteiger partial charge in [0.05, 0.1) is 45.2 Å². The molecule has 0 unspecified atom stereocenters. The Morgan fingerprint density at radius 3 is 0.920 bits per heavy atom. The maximum atomic E-state index is 2.55. The fraction of sp³-hybridized carbons (Fsp3) is 0.167. The zero-order chi connectivity index (χ0) is 50.9. The Kier molecular flexibility index (Phi) is 8.89. The normalized spacial score (nSPS) is 16.4. The number of para-hydroxylation sites is 5. The summed E-state index contributed by atoms with van der Waals surface area (Å²) < 4.78 is 2.44. The molecular weight excluding hydrogens is 907 g/mol. The molecule has 0 N–H and O–H groups in total. The average Bonchev–Trinajstić information content (AvgIpc) is 3.76. The van der Waals surface area contributed by atoms with Crippen molar-refractivity contribution in [1.82, 2.24) is 4.57 Å². The molecule has 0 bridgehead atoms. The number of hydrogen-bond acceptors (Lipinski definition) is 2. The Labute approximate surface area is 441 Å². The van der Waals surface area contributed by atoms with Gasteiger partial charge in [0, 0.05) is 38.1 Å². The van der Waals surface area contributed by atoms with E-state index in [4.69, 9.17) is 0 Å². The molecule has 0 saturated carbocycles. The molecule has 0 spiro atoms. The molecule has 0 radical (unpaired) electrons. The predicted octanol–water partition coefficient (Wildman–Crippen LogP) is 19.3. The maximum absolute atomic E-state index is 2.55. The first-order valence-corrected chi connectivity index (χ1v) is 26.8. The van der Waals surface area contributed by atoms with Crippen LogP contribution in [-0.2, 0) is 21.7 Å². The average molecular weight is 966 g/mol. The van der Waals surface area contributed by atoms with Gasteiger partial charge >= 0.3 is 0 Å². The van der Waals surface area contributed by atoms with Gasteiger partial charge in [-0.1, -0.05) is 183 Å². The third kappa shape index (κ3) is 5.93. The van der Waals surface area contributed by atoms with Gasteiger partial charge in [0.15, 0.2) is 0 Å². The van der Waals surface area contributed by atoms with Crippen LogP contribution in [-0.4, -0.2) is 4.57 Å². The molecule has 10 aromatic carbocycles. The van der Waals surface area contributed by atoms with Crippen LogP contribution < -0.4 is 9.80 Å². The third-order valence-electron chi connectivity index (χ3n) is 18.3. The van der Waals surface area contributed by atoms with E-state index in [0.29, 0.717) is 0 Å². The van der Waals surface area contributed by atoms with E-state index in [0.717, 1.165) is 5.69 Å². The second kappa shape index (κ2) is 15.1. The number of nitrogens with zero attached hydrogens (tertiary/aromatic N) is 3. The van der Waals surface area contributed by atoms with E-state index < -0.39 is 0 Å². The summed E-state index contributed by atoms with van der Waals surface area (Å²) in [7, 11) is 0. The van der Waals surface area contributed by atoms with Crippen molar-refractivity contribution in [2.75, 3.05) is 9.80 Å². The zero-order valence-electron chi connectivity index (χ0n) is 44.0. The molecule has 1 aromatic heterocycles. The minimum Gasteiger partial charge on any atom is -0.309 e. The van der Waals surface area contributed by atoms with Gasteiger partial charge < -0.3 is 14.4 Å². The van der Waals surface area contributed by atoms with Crippen LogP contribution in [0, 0.1) is 0 Å². The summed E-state index contributed by atoms with van der Waals surface area (Å²) in [5, 5.41) is 2.49. The van der Waals surface area contributed by atoms with Crippen molar-refractivity contribution in [3.8, 4) is 39.1 Å². The predicted molar refractivity (Wildman–Crippen MR) is 315 cm³/mol. The van der Waals surface area contributed by atoms with E-state index in [1.54, 1.807) is 0 Å². The van der Waals surface area contributed by atoms with Crippen molar-refractivity contribution in [3.63, 3.8) is 0 Å². The molecule has 15 rings (SSSR count). The molecule has 5 heterocycles. The standard InChI is InChI=1S/C72H59N3/c1-69(2)53-22-12-16-26-63(53)74-64-27-17-13-23-54(64)70(3,4)58-41-48(40-57(69)67(58)74)45-32-30-44(31-33-45)46-34-36-61-51(38-46)52-39-47(35-37-62(52)73(61)50-20-10-9-11-21-50)49-42-59-68-60(43-49)72(7,8)56-25-15-19-29-66(56)75(68)65-28-18-14-24-55(65)71(59,5)6/h9-43H,1-8H3. The van der Waals surface area contributed by atoms with Gasteiger partial charge in [-0.05, 0) is 163 Å². The summed E-state index contributed by atoms with van der Waals surface area (Å²) in [6.07, 6.45) is 0. The van der Waals surface area contributed by atoms with Crippen molar-refractivity contribution < 1.29 is 0 Å². The van der Waals surface area contributed by atoms with Crippen molar-refractivity contribution >= 4 is 55.9 Å². The van der Waals surface area contributed by atoms with Gasteiger partial charge in [-0.2, -0.15) is 0 Å². The number of benzene rings is 10. The molecule has 75 heavy (non-hydrogen) atoms. The first-order valence-electron chi connectivity index (χ1n) is 26.8. The molecule has 3 nitrogen and oxygen atoms in total. The monoisotopic (exact) mass is 965 g/mol. The fourth-order valence-electron chi connectivity index (χ4n) is 14.2. The lowest BCUT2D eigenvalue weighted by molar-refractivity contribution is 0.597. The van der Waals surface area contributed by atoms with Crippen LogP contribution in [0.5, 0.6) is 0 Å². The Morgan fingerprint density at radius 1 is 0.253 bits per heavy atom. The highest BCUT2D eigenvalue weighted by Gasteiger charge is 2.47. The minimum atomic E-state index is -0.212. The van der Waals surface area contributed by atoms with Crippen LogP contribution in [0.15, 0.2) is 212 Å². The summed E-state index contributed by atoms with van der Waals surface area (Å²) >= 11 is 0. The van der Waals surface area contributed by atoms with Crippen LogP contribution in [0.4, 0.5) is 34.1 Å². The van der Waals surface area contributed by atoms with E-state index in [2.05, 4.69) is 282 Å². The highest BCUT2D eigenvalue weighted by molar-refractivity contribution is 6.12. The fourth-order valence-corrected chi connectivity index (χ4v) is 14.2. The smallest absolute Gasteiger partial charge is 0.0544 e. The van der Waals surface area contributed by atoms with Crippen LogP contribution in [0.3, 0.4) is 0 Å². The Balaban J connectivity index is 0.871. The number of hydrogen-bond donors (Lipinski definition) is 0. The van der Waals surface area contributed by atoms with Gasteiger partial charge in [-0.15, -0.1) is 0 Å². The Hall–Kier alpha value is -8.40. The molecule has 4 aliphatic heterocycles. The van der Waals surface area contributed by atoms with Crippen LogP contribution in [0.1, 0.15) is 99.9 Å². The first kappa shape index (κ1) is 44.1. The number of aromatic nitrogens is 1. The number of fused-ring (bicyclic) bond motifs is 11. The van der Waals surface area contributed by atoms with E-state index in [-0.39, 0.29) is 21.7 Å². The SMILES string of the molecule is CC1(C)c2ccccc2N2c3ccccc3C(C)(C)c3cc(-c4ccc(-c5ccc6c(c5)c5cc(-c7cc8c9c(c7)C(C)(C)c7ccccc7N9c7ccccc7C8(C)C)ccc5n6-c5ccccc5)cc4)cc1c32. The second-order valence-electron chi connectivity index (χ2n) is 23.8. The first-order chi connectivity index (χ1) is 36.2. The van der Waals surface area contributed by atoms with Crippen molar-refractivity contribution in [3.05, 3.63) is 257 Å². The van der Waals surface area contributed by atoms with Crippen LogP contribution >= 0.6 is 0 Å². The molecule has 0 atom stereocenters. The Bertz CT molecular complexity index is 4080. The van der Waals surface area contributed by atoms with E-state index in [9.17, 15) is 0 Å². The lowest BCUT2D eigenvalue weighted by Gasteiger charge is -2.49. The molecule has 362 valence electrons. The quantitative estimate of drug-likeness (QED) is 0.174. The van der Waals surface area contributed by atoms with Gasteiger partial charge in [0.1, 0.15) is 0 Å². The molecule has 0 amide bonds. The van der Waals surface area contributed by atoms with Crippen molar-refractivity contribution in [2.24, 2.45) is 0 Å². The topological polar surface area (TPSA) is 11.4 Å². The second-order valence-corrected chi connectivity index (χ2v) is 23.8. The highest BCUT2D eigenvalue weighted by atomic mass is 15.2. The lowest BCUT2D eigenvalue weighted by Crippen LogP contribution is -2.38. The minimum absolute atomic E-state index is 0.188. The maximum Gasteiger partial charge on any atom is 0.0544 e. The van der Waals surface area contributed by atoms with Gasteiger partial charge in [0.2, 0.25) is 0 Å². The molecule has 0 saturated heterocycles. The van der Waals surface area contributed by atoms with E-state index in [1.165, 1.54) is 134 Å². The molecular formula is C72H59N3. The highest BCUT2D eigenvalue weighted by Crippen LogP contribution is 2.63. The summed E-state index contributed by atoms with van der Waals surface area (Å²) in [6.45, 7) is 19.3. The molecule has 11 aromatic rings.